The Kier molecular flexibility index (Phi) is 3.01. The van der Waals surface area contributed by atoms with Crippen molar-refractivity contribution in [2.24, 2.45) is 17.3 Å². The van der Waals surface area contributed by atoms with Gasteiger partial charge in [-0.15, -0.1) is 0 Å². The zero-order chi connectivity index (χ0) is 18.4. The van der Waals surface area contributed by atoms with Gasteiger partial charge in [0, 0.05) is 23.0 Å². The van der Waals surface area contributed by atoms with E-state index in [-0.39, 0.29) is 24.1 Å². The van der Waals surface area contributed by atoms with Crippen molar-refractivity contribution in [3.63, 3.8) is 0 Å². The van der Waals surface area contributed by atoms with Crippen LogP contribution in [0.4, 0.5) is 4.39 Å². The Balaban J connectivity index is 1.37. The molecule has 4 nitrogen and oxygen atoms in total. The first-order valence-corrected chi connectivity index (χ1v) is 10.0. The summed E-state index contributed by atoms with van der Waals surface area (Å²) in [5.41, 5.74) is 1.28. The van der Waals surface area contributed by atoms with Gasteiger partial charge in [-0.2, -0.15) is 0 Å². The van der Waals surface area contributed by atoms with Gasteiger partial charge in [-0.25, -0.2) is 9.37 Å². The van der Waals surface area contributed by atoms with Crippen LogP contribution in [0.2, 0.25) is 0 Å². The van der Waals surface area contributed by atoms with Gasteiger partial charge in [0.05, 0.1) is 29.9 Å². The number of imidazole rings is 1. The molecule has 4 saturated carbocycles. The van der Waals surface area contributed by atoms with Gasteiger partial charge in [0.2, 0.25) is 0 Å². The molecule has 7 rings (SSSR count). The number of halogens is 1. The predicted octanol–water partition coefficient (Wildman–Crippen LogP) is 3.88. The maximum absolute atomic E-state index is 14.7. The van der Waals surface area contributed by atoms with Gasteiger partial charge in [0.15, 0.2) is 0 Å². The van der Waals surface area contributed by atoms with Gasteiger partial charge < -0.3 is 9.67 Å². The molecule has 4 aliphatic carbocycles. The molecule has 2 heterocycles. The molecule has 0 radical (unpaired) electrons. The van der Waals surface area contributed by atoms with Crippen LogP contribution in [0.25, 0.3) is 11.3 Å². The quantitative estimate of drug-likeness (QED) is 0.897. The van der Waals surface area contributed by atoms with Crippen LogP contribution in [-0.2, 0) is 4.79 Å². The van der Waals surface area contributed by atoms with E-state index in [1.54, 1.807) is 18.6 Å². The third-order valence-corrected chi connectivity index (χ3v) is 7.66. The molecule has 5 heteroatoms. The number of nitrogens with zero attached hydrogens (tertiary/aromatic N) is 2. The summed E-state index contributed by atoms with van der Waals surface area (Å²) in [4.78, 5) is 17.8. The van der Waals surface area contributed by atoms with Gasteiger partial charge in [-0.3, -0.25) is 4.79 Å². The molecule has 0 saturated heterocycles. The highest BCUT2D eigenvalue weighted by molar-refractivity contribution is 5.87. The van der Waals surface area contributed by atoms with Crippen molar-refractivity contribution in [2.75, 3.05) is 0 Å². The number of fused-ring (bicyclic) bond motifs is 3. The van der Waals surface area contributed by atoms with Crippen molar-refractivity contribution in [3.8, 4) is 11.3 Å². The second-order valence-electron chi connectivity index (χ2n) is 9.50. The first-order valence-electron chi connectivity index (χ1n) is 10.0. The standard InChI is InChI=1S/C22H23FN2O2/c23-16-3-1-2-15-18-10-24-12-25(18)17(20(15)16)5-19(26)21-6-13-4-14(7-21)9-22(27,8-13)11-21/h1-3,10,12-14,17,27H,4-9,11H2/t13?,14?,17-,21?,22?/m0/s1. The van der Waals surface area contributed by atoms with Crippen LogP contribution in [0, 0.1) is 23.1 Å². The lowest BCUT2D eigenvalue weighted by atomic mass is 9.46. The third-order valence-electron chi connectivity index (χ3n) is 7.66. The van der Waals surface area contributed by atoms with Crippen LogP contribution in [0.1, 0.15) is 56.6 Å². The first kappa shape index (κ1) is 16.0. The van der Waals surface area contributed by atoms with Crippen molar-refractivity contribution < 1.29 is 14.3 Å². The number of ketones is 1. The number of carbonyl (C=O) groups excluding carboxylic acids is 1. The van der Waals surface area contributed by atoms with Crippen LogP contribution in [-0.4, -0.2) is 26.0 Å². The fourth-order valence-corrected chi connectivity index (χ4v) is 7.13. The van der Waals surface area contributed by atoms with E-state index in [4.69, 9.17) is 0 Å². The van der Waals surface area contributed by atoms with Crippen molar-refractivity contribution in [2.45, 2.75) is 56.6 Å². The maximum atomic E-state index is 14.7. The lowest BCUT2D eigenvalue weighted by molar-refractivity contribution is -0.176. The first-order chi connectivity index (χ1) is 13.0. The number of aliphatic hydroxyl groups is 1. The lowest BCUT2D eigenvalue weighted by Gasteiger charge is -2.59. The van der Waals surface area contributed by atoms with Crippen molar-refractivity contribution in [3.05, 3.63) is 42.1 Å². The van der Waals surface area contributed by atoms with E-state index < -0.39 is 11.0 Å². The van der Waals surface area contributed by atoms with Gasteiger partial charge in [0.25, 0.3) is 0 Å². The van der Waals surface area contributed by atoms with Crippen molar-refractivity contribution in [1.29, 1.82) is 0 Å². The second kappa shape index (κ2) is 5.07. The molecule has 3 atom stereocenters. The lowest BCUT2D eigenvalue weighted by Crippen LogP contribution is -2.58. The molecular weight excluding hydrogens is 343 g/mol. The smallest absolute Gasteiger partial charge is 0.141 e. The molecule has 4 bridgehead atoms. The molecule has 140 valence electrons. The summed E-state index contributed by atoms with van der Waals surface area (Å²) in [7, 11) is 0. The predicted molar refractivity (Wildman–Crippen MR) is 97.4 cm³/mol. The minimum absolute atomic E-state index is 0.204. The second-order valence-corrected chi connectivity index (χ2v) is 9.50. The highest BCUT2D eigenvalue weighted by Gasteiger charge is 2.60. The molecule has 5 aliphatic rings. The Labute approximate surface area is 157 Å². The number of hydrogen-bond acceptors (Lipinski definition) is 3. The minimum atomic E-state index is -0.654. The van der Waals surface area contributed by atoms with Crippen LogP contribution < -0.4 is 0 Å². The Morgan fingerprint density at radius 2 is 2.04 bits per heavy atom. The Bertz CT molecular complexity index is 951. The normalized spacial score (nSPS) is 38.1. The highest BCUT2D eigenvalue weighted by Crippen LogP contribution is 2.62. The van der Waals surface area contributed by atoms with Crippen molar-refractivity contribution >= 4 is 5.78 Å². The van der Waals surface area contributed by atoms with Gasteiger partial charge >= 0.3 is 0 Å². The summed E-state index contributed by atoms with van der Waals surface area (Å²) >= 11 is 0. The third kappa shape index (κ3) is 2.12. The molecule has 0 spiro atoms. The Morgan fingerprint density at radius 3 is 2.78 bits per heavy atom. The number of Topliss-reactive ketones (excluding diaryl/α,β-unsaturated/α-hetero) is 1. The SMILES string of the molecule is O=C(C[C@H]1c2c(F)cccc2-c2cncn21)C12CC3CC(CC(O)(C3)C1)C2. The average Bonchev–Trinajstić information content (AvgIpc) is 3.16. The summed E-state index contributed by atoms with van der Waals surface area (Å²) in [6, 6.07) is 4.77. The van der Waals surface area contributed by atoms with E-state index in [0.717, 1.165) is 43.4 Å². The summed E-state index contributed by atoms with van der Waals surface area (Å²) in [6.07, 6.45) is 9.00. The average molecular weight is 366 g/mol. The number of hydrogen-bond donors (Lipinski definition) is 1. The topological polar surface area (TPSA) is 55.1 Å². The molecule has 4 fully saturated rings. The van der Waals surface area contributed by atoms with Crippen LogP contribution in [0.3, 0.4) is 0 Å². The van der Waals surface area contributed by atoms with E-state index in [0.29, 0.717) is 23.8 Å². The number of rotatable bonds is 3. The molecular formula is C22H23FN2O2. The van der Waals surface area contributed by atoms with E-state index in [1.807, 2.05) is 10.6 Å². The van der Waals surface area contributed by atoms with Crippen LogP contribution in [0.15, 0.2) is 30.7 Å². The maximum Gasteiger partial charge on any atom is 0.141 e. The molecule has 0 amide bonds. The van der Waals surface area contributed by atoms with Gasteiger partial charge in [0.1, 0.15) is 11.6 Å². The van der Waals surface area contributed by atoms with E-state index >= 15 is 0 Å². The van der Waals surface area contributed by atoms with Gasteiger partial charge in [-0.1, -0.05) is 12.1 Å². The highest BCUT2D eigenvalue weighted by atomic mass is 19.1. The summed E-state index contributed by atoms with van der Waals surface area (Å²) in [6.45, 7) is 0. The fourth-order valence-electron chi connectivity index (χ4n) is 7.13. The van der Waals surface area contributed by atoms with E-state index in [9.17, 15) is 14.3 Å². The molecule has 2 aromatic rings. The molecule has 1 aromatic heterocycles. The zero-order valence-electron chi connectivity index (χ0n) is 15.2. The molecule has 27 heavy (non-hydrogen) atoms. The largest absolute Gasteiger partial charge is 0.390 e. The summed E-state index contributed by atoms with van der Waals surface area (Å²) < 4.78 is 16.6. The Morgan fingerprint density at radius 1 is 1.26 bits per heavy atom. The summed E-state index contributed by atoms with van der Waals surface area (Å²) in [5, 5.41) is 11.0. The number of aromatic nitrogens is 2. The monoisotopic (exact) mass is 366 g/mol. The van der Waals surface area contributed by atoms with Crippen molar-refractivity contribution in [1.82, 2.24) is 9.55 Å². The summed E-state index contributed by atoms with van der Waals surface area (Å²) in [5.74, 6) is 0.891. The number of carbonyl (C=O) groups is 1. The Hall–Kier alpha value is -2.01. The fraction of sp³-hybridized carbons (Fsp3) is 0.545. The zero-order valence-corrected chi connectivity index (χ0v) is 15.2. The van der Waals surface area contributed by atoms with E-state index in [2.05, 4.69) is 4.98 Å². The molecule has 2 unspecified atom stereocenters. The van der Waals surface area contributed by atoms with Crippen LogP contribution in [0.5, 0.6) is 0 Å². The molecule has 1 aliphatic heterocycles. The van der Waals surface area contributed by atoms with E-state index in [1.165, 1.54) is 6.07 Å². The molecule has 1 N–H and O–H groups in total. The van der Waals surface area contributed by atoms with Gasteiger partial charge in [-0.05, 0) is 56.4 Å². The van der Waals surface area contributed by atoms with Crippen LogP contribution >= 0.6 is 0 Å². The minimum Gasteiger partial charge on any atom is -0.390 e. The number of benzene rings is 1. The molecule has 1 aromatic carbocycles.